The van der Waals surface area contributed by atoms with Crippen LogP contribution in [0.15, 0.2) is 66.9 Å². The van der Waals surface area contributed by atoms with Gasteiger partial charge in [0, 0.05) is 0 Å². The molecule has 4 rings (SSSR count). The van der Waals surface area contributed by atoms with Crippen LogP contribution in [0.2, 0.25) is 0 Å². The third-order valence-electron chi connectivity index (χ3n) is 5.09. The number of carbonyl (C=O) groups excluding carboxylic acids is 1. The Hall–Kier alpha value is -2.90. The number of amides is 1. The fourth-order valence-corrected chi connectivity index (χ4v) is 3.47. The van der Waals surface area contributed by atoms with Crippen LogP contribution in [0.25, 0.3) is 0 Å². The highest BCUT2D eigenvalue weighted by Gasteiger charge is 2.21. The summed E-state index contributed by atoms with van der Waals surface area (Å²) in [6.45, 7) is 2.24. The Morgan fingerprint density at radius 1 is 1.10 bits per heavy atom. The molecule has 0 spiro atoms. The molecule has 2 N–H and O–H groups in total. The molecule has 1 saturated heterocycles. The number of rotatable bonds is 7. The molecule has 0 aliphatic carbocycles. The number of carbonyl (C=O) groups is 1. The summed E-state index contributed by atoms with van der Waals surface area (Å²) in [5.41, 5.74) is 1.30. The zero-order chi connectivity index (χ0) is 19.9. The first kappa shape index (κ1) is 21.8. The topological polar surface area (TPSA) is 81.1 Å². The standard InChI is InChI=1S/C22H25N5O2.ClH/c28-22(20-15-27(26-25-20)18-11-13-23-14-12-18)24-21(17-7-3-1-4-8-17)16-29-19-9-5-2-6-10-19;/h1-10,15,18,21,23H,11-14,16H2,(H,24,28);1H. The molecule has 1 unspecified atom stereocenters. The molecule has 7 nitrogen and oxygen atoms in total. The second-order valence-corrected chi connectivity index (χ2v) is 7.13. The van der Waals surface area contributed by atoms with Gasteiger partial charge in [-0.15, -0.1) is 17.5 Å². The first-order valence-electron chi connectivity index (χ1n) is 9.96. The summed E-state index contributed by atoms with van der Waals surface area (Å²) in [6, 6.07) is 19.4. The van der Waals surface area contributed by atoms with Gasteiger partial charge in [-0.2, -0.15) is 0 Å². The van der Waals surface area contributed by atoms with Crippen LogP contribution in [0.1, 0.15) is 41.0 Å². The van der Waals surface area contributed by atoms with Gasteiger partial charge >= 0.3 is 0 Å². The summed E-state index contributed by atoms with van der Waals surface area (Å²) in [5, 5.41) is 14.7. The lowest BCUT2D eigenvalue weighted by molar-refractivity contribution is 0.0916. The van der Waals surface area contributed by atoms with E-state index in [1.165, 1.54) is 0 Å². The van der Waals surface area contributed by atoms with Gasteiger partial charge in [0.15, 0.2) is 5.69 Å². The Kier molecular flexibility index (Phi) is 7.82. The Labute approximate surface area is 182 Å². The molecule has 158 valence electrons. The number of aromatic nitrogens is 3. The predicted molar refractivity (Wildman–Crippen MR) is 117 cm³/mol. The largest absolute Gasteiger partial charge is 0.491 e. The van der Waals surface area contributed by atoms with Gasteiger partial charge in [-0.1, -0.05) is 53.7 Å². The molecule has 2 heterocycles. The number of hydrogen-bond donors (Lipinski definition) is 2. The minimum absolute atomic E-state index is 0. The van der Waals surface area contributed by atoms with Crippen LogP contribution in [0.3, 0.4) is 0 Å². The van der Waals surface area contributed by atoms with Gasteiger partial charge in [-0.3, -0.25) is 4.79 Å². The number of para-hydroxylation sites is 1. The average molecular weight is 428 g/mol. The first-order chi connectivity index (χ1) is 14.3. The zero-order valence-electron chi connectivity index (χ0n) is 16.6. The van der Waals surface area contributed by atoms with Crippen molar-refractivity contribution in [2.75, 3.05) is 19.7 Å². The molecular weight excluding hydrogens is 402 g/mol. The van der Waals surface area contributed by atoms with E-state index >= 15 is 0 Å². The molecule has 1 aliphatic rings. The smallest absolute Gasteiger partial charge is 0.274 e. The maximum absolute atomic E-state index is 12.8. The van der Waals surface area contributed by atoms with Gasteiger partial charge in [0.2, 0.25) is 0 Å². The van der Waals surface area contributed by atoms with Crippen molar-refractivity contribution in [3.8, 4) is 5.75 Å². The minimum Gasteiger partial charge on any atom is -0.491 e. The van der Waals surface area contributed by atoms with E-state index in [0.29, 0.717) is 12.3 Å². The summed E-state index contributed by atoms with van der Waals surface area (Å²) in [6.07, 6.45) is 3.72. The highest BCUT2D eigenvalue weighted by molar-refractivity contribution is 5.92. The number of nitrogens with one attached hydrogen (secondary N) is 2. The lowest BCUT2D eigenvalue weighted by atomic mass is 10.1. The van der Waals surface area contributed by atoms with Crippen molar-refractivity contribution in [3.05, 3.63) is 78.1 Å². The number of halogens is 1. The van der Waals surface area contributed by atoms with Crippen LogP contribution < -0.4 is 15.4 Å². The maximum atomic E-state index is 12.8. The molecule has 1 aromatic heterocycles. The van der Waals surface area contributed by atoms with Crippen molar-refractivity contribution in [2.24, 2.45) is 0 Å². The molecule has 0 saturated carbocycles. The Balaban J connectivity index is 0.00000256. The van der Waals surface area contributed by atoms with Gasteiger partial charge in [-0.25, -0.2) is 4.68 Å². The number of ether oxygens (including phenoxy) is 1. The summed E-state index contributed by atoms with van der Waals surface area (Å²) >= 11 is 0. The maximum Gasteiger partial charge on any atom is 0.274 e. The van der Waals surface area contributed by atoms with E-state index in [4.69, 9.17) is 4.74 Å². The van der Waals surface area contributed by atoms with E-state index in [0.717, 1.165) is 37.2 Å². The lowest BCUT2D eigenvalue weighted by Crippen LogP contribution is -2.32. The lowest BCUT2D eigenvalue weighted by Gasteiger charge is -2.22. The van der Waals surface area contributed by atoms with Crippen LogP contribution in [0.4, 0.5) is 0 Å². The Bertz CT molecular complexity index is 914. The Morgan fingerprint density at radius 3 is 2.47 bits per heavy atom. The first-order valence-corrected chi connectivity index (χ1v) is 9.96. The minimum atomic E-state index is -0.298. The van der Waals surface area contributed by atoms with Crippen molar-refractivity contribution >= 4 is 18.3 Å². The van der Waals surface area contributed by atoms with Crippen molar-refractivity contribution in [1.29, 1.82) is 0 Å². The predicted octanol–water partition coefficient (Wildman–Crippen LogP) is 3.17. The van der Waals surface area contributed by atoms with Crippen LogP contribution >= 0.6 is 12.4 Å². The fourth-order valence-electron chi connectivity index (χ4n) is 3.47. The summed E-state index contributed by atoms with van der Waals surface area (Å²) in [5.74, 6) is 0.509. The van der Waals surface area contributed by atoms with Gasteiger partial charge in [0.1, 0.15) is 12.4 Å². The van der Waals surface area contributed by atoms with Crippen LogP contribution in [0.5, 0.6) is 5.75 Å². The normalized spacial score (nSPS) is 15.1. The average Bonchev–Trinajstić information content (AvgIpc) is 3.29. The van der Waals surface area contributed by atoms with Crippen LogP contribution in [-0.4, -0.2) is 40.6 Å². The Morgan fingerprint density at radius 2 is 1.77 bits per heavy atom. The van der Waals surface area contributed by atoms with E-state index in [-0.39, 0.29) is 30.4 Å². The monoisotopic (exact) mass is 427 g/mol. The molecule has 1 amide bonds. The molecule has 1 fully saturated rings. The number of hydrogen-bond acceptors (Lipinski definition) is 5. The van der Waals surface area contributed by atoms with E-state index in [9.17, 15) is 4.79 Å². The summed E-state index contributed by atoms with van der Waals surface area (Å²) in [4.78, 5) is 12.8. The number of piperidine rings is 1. The highest BCUT2D eigenvalue weighted by Crippen LogP contribution is 2.19. The molecule has 0 bridgehead atoms. The second-order valence-electron chi connectivity index (χ2n) is 7.13. The third kappa shape index (κ3) is 5.58. The van der Waals surface area contributed by atoms with Crippen LogP contribution in [0, 0.1) is 0 Å². The molecule has 0 radical (unpaired) electrons. The highest BCUT2D eigenvalue weighted by atomic mass is 35.5. The van der Waals surface area contributed by atoms with Crippen molar-refractivity contribution in [2.45, 2.75) is 24.9 Å². The molecule has 1 atom stereocenters. The molecule has 2 aromatic carbocycles. The van der Waals surface area contributed by atoms with E-state index in [1.54, 1.807) is 6.20 Å². The second kappa shape index (κ2) is 10.8. The molecule has 3 aromatic rings. The third-order valence-corrected chi connectivity index (χ3v) is 5.09. The van der Waals surface area contributed by atoms with Gasteiger partial charge in [0.05, 0.1) is 18.3 Å². The zero-order valence-corrected chi connectivity index (χ0v) is 17.4. The van der Waals surface area contributed by atoms with Gasteiger partial charge in [-0.05, 0) is 43.6 Å². The number of nitrogens with zero attached hydrogens (tertiary/aromatic N) is 3. The molecular formula is C22H26ClN5O2. The number of benzene rings is 2. The summed E-state index contributed by atoms with van der Waals surface area (Å²) in [7, 11) is 0. The van der Waals surface area contributed by atoms with E-state index in [1.807, 2.05) is 65.3 Å². The van der Waals surface area contributed by atoms with E-state index in [2.05, 4.69) is 20.9 Å². The SMILES string of the molecule is Cl.O=C(NC(COc1ccccc1)c1ccccc1)c1cn(C2CCNCC2)nn1. The van der Waals surface area contributed by atoms with Gasteiger partial charge < -0.3 is 15.4 Å². The summed E-state index contributed by atoms with van der Waals surface area (Å²) < 4.78 is 7.71. The van der Waals surface area contributed by atoms with Crippen LogP contribution in [-0.2, 0) is 0 Å². The van der Waals surface area contributed by atoms with Gasteiger partial charge in [0.25, 0.3) is 5.91 Å². The molecule has 8 heteroatoms. The van der Waals surface area contributed by atoms with Crippen molar-refractivity contribution in [3.63, 3.8) is 0 Å². The fraction of sp³-hybridized carbons (Fsp3) is 0.318. The molecule has 1 aliphatic heterocycles. The molecule has 30 heavy (non-hydrogen) atoms. The quantitative estimate of drug-likeness (QED) is 0.605. The van der Waals surface area contributed by atoms with Crippen molar-refractivity contribution in [1.82, 2.24) is 25.6 Å². The van der Waals surface area contributed by atoms with Crippen molar-refractivity contribution < 1.29 is 9.53 Å². The van der Waals surface area contributed by atoms with E-state index < -0.39 is 0 Å².